The summed E-state index contributed by atoms with van der Waals surface area (Å²) in [4.78, 5) is 28.4. The van der Waals surface area contributed by atoms with Gasteiger partial charge in [-0.3, -0.25) is 14.9 Å². The fourth-order valence-corrected chi connectivity index (χ4v) is 2.32. The molecule has 0 aromatic carbocycles. The van der Waals surface area contributed by atoms with E-state index in [1.165, 1.54) is 12.3 Å². The van der Waals surface area contributed by atoms with Crippen molar-refractivity contribution in [3.05, 3.63) is 33.1 Å². The van der Waals surface area contributed by atoms with Crippen LogP contribution in [0.4, 0.5) is 5.69 Å². The predicted molar refractivity (Wildman–Crippen MR) is 74.9 cm³/mol. The predicted octanol–water partition coefficient (Wildman–Crippen LogP) is 3.05. The molecule has 1 saturated carbocycles. The highest BCUT2D eigenvalue weighted by atomic mass is 35.5. The third kappa shape index (κ3) is 3.07. The number of hydrogen-bond acceptors (Lipinski definition) is 4. The van der Waals surface area contributed by atoms with Crippen molar-refractivity contribution >= 4 is 23.2 Å². The van der Waals surface area contributed by atoms with Crippen molar-refractivity contribution in [1.82, 2.24) is 9.88 Å². The molecule has 6 nitrogen and oxygen atoms in total. The van der Waals surface area contributed by atoms with E-state index in [4.69, 9.17) is 11.6 Å². The zero-order valence-electron chi connectivity index (χ0n) is 11.2. The van der Waals surface area contributed by atoms with Crippen LogP contribution in [-0.2, 0) is 0 Å². The average Bonchev–Trinajstić information content (AvgIpc) is 3.22. The van der Waals surface area contributed by atoms with Gasteiger partial charge in [0.1, 0.15) is 5.56 Å². The Hall–Kier alpha value is -1.69. The molecule has 2 rings (SSSR count). The largest absolute Gasteiger partial charge is 0.335 e. The lowest BCUT2D eigenvalue weighted by Crippen LogP contribution is -2.34. The van der Waals surface area contributed by atoms with Crippen LogP contribution >= 0.6 is 11.6 Å². The minimum atomic E-state index is -0.645. The quantitative estimate of drug-likeness (QED) is 0.459. The third-order valence-electron chi connectivity index (χ3n) is 3.29. The van der Waals surface area contributed by atoms with Crippen molar-refractivity contribution in [3.63, 3.8) is 0 Å². The molecule has 0 saturated heterocycles. The Bertz CT molecular complexity index is 532. The van der Waals surface area contributed by atoms with Crippen LogP contribution in [0.15, 0.2) is 12.3 Å². The molecule has 20 heavy (non-hydrogen) atoms. The van der Waals surface area contributed by atoms with Crippen molar-refractivity contribution in [2.24, 2.45) is 0 Å². The monoisotopic (exact) mass is 297 g/mol. The van der Waals surface area contributed by atoms with E-state index in [2.05, 4.69) is 4.98 Å². The second-order valence-corrected chi connectivity index (χ2v) is 5.20. The number of carbonyl (C=O) groups is 1. The summed E-state index contributed by atoms with van der Waals surface area (Å²) in [5.74, 6) is -0.322. The summed E-state index contributed by atoms with van der Waals surface area (Å²) in [5, 5.41) is 10.8. The van der Waals surface area contributed by atoms with Crippen molar-refractivity contribution < 1.29 is 9.72 Å². The van der Waals surface area contributed by atoms with Gasteiger partial charge in [-0.05, 0) is 25.3 Å². The Morgan fingerprint density at radius 2 is 2.30 bits per heavy atom. The maximum Gasteiger partial charge on any atom is 0.319 e. The molecule has 1 amide bonds. The van der Waals surface area contributed by atoms with E-state index in [0.717, 1.165) is 25.7 Å². The second-order valence-electron chi connectivity index (χ2n) is 4.84. The van der Waals surface area contributed by atoms with Gasteiger partial charge in [-0.25, -0.2) is 4.98 Å². The molecule has 108 valence electrons. The molecule has 0 spiro atoms. The molecule has 1 aliphatic carbocycles. The lowest BCUT2D eigenvalue weighted by molar-refractivity contribution is -0.385. The minimum absolute atomic E-state index is 0.0259. The molecule has 0 atom stereocenters. The number of unbranched alkanes of at least 4 members (excludes halogenated alkanes) is 1. The highest BCUT2D eigenvalue weighted by Gasteiger charge is 2.36. The van der Waals surface area contributed by atoms with E-state index < -0.39 is 10.6 Å². The summed E-state index contributed by atoms with van der Waals surface area (Å²) >= 11 is 5.75. The van der Waals surface area contributed by atoms with Crippen molar-refractivity contribution in [2.45, 2.75) is 38.6 Å². The first-order valence-corrected chi connectivity index (χ1v) is 7.04. The summed E-state index contributed by atoms with van der Waals surface area (Å²) in [6.07, 6.45) is 5.10. The minimum Gasteiger partial charge on any atom is -0.335 e. The number of rotatable bonds is 6. The second kappa shape index (κ2) is 6.17. The first kappa shape index (κ1) is 14.7. The molecule has 1 aliphatic rings. The molecule has 1 aromatic heterocycles. The number of hydrogen-bond donors (Lipinski definition) is 0. The Morgan fingerprint density at radius 3 is 2.85 bits per heavy atom. The zero-order chi connectivity index (χ0) is 14.7. The van der Waals surface area contributed by atoms with Gasteiger partial charge in [0.25, 0.3) is 5.91 Å². The lowest BCUT2D eigenvalue weighted by Gasteiger charge is -2.22. The van der Waals surface area contributed by atoms with Gasteiger partial charge in [0.2, 0.25) is 5.15 Å². The van der Waals surface area contributed by atoms with Gasteiger partial charge < -0.3 is 4.90 Å². The summed E-state index contributed by atoms with van der Waals surface area (Å²) < 4.78 is 0. The van der Waals surface area contributed by atoms with Crippen LogP contribution in [0.3, 0.4) is 0 Å². The highest BCUT2D eigenvalue weighted by molar-refractivity contribution is 6.32. The van der Waals surface area contributed by atoms with E-state index in [0.29, 0.717) is 6.54 Å². The number of aromatic nitrogens is 1. The molecular formula is C13H16ClN3O3. The van der Waals surface area contributed by atoms with Gasteiger partial charge in [0.15, 0.2) is 0 Å². The molecule has 1 aromatic rings. The Labute approximate surface area is 121 Å². The molecule has 7 heteroatoms. The smallest absolute Gasteiger partial charge is 0.319 e. The molecule has 0 aliphatic heterocycles. The standard InChI is InChI=1S/C13H16ClN3O3/c1-2-3-8-16(9-4-5-9)13(18)10-6-7-15-12(14)11(10)17(19)20/h6-7,9H,2-5,8H2,1H3. The molecule has 0 unspecified atom stereocenters. The van der Waals surface area contributed by atoms with Crippen LogP contribution < -0.4 is 0 Å². The van der Waals surface area contributed by atoms with Gasteiger partial charge in [0, 0.05) is 18.8 Å². The highest BCUT2D eigenvalue weighted by Crippen LogP contribution is 2.32. The SMILES string of the molecule is CCCCN(C(=O)c1ccnc(Cl)c1[N+](=O)[O-])C1CC1. The first-order chi connectivity index (χ1) is 9.56. The average molecular weight is 298 g/mol. The van der Waals surface area contributed by atoms with Crippen LogP contribution in [0.2, 0.25) is 5.15 Å². The van der Waals surface area contributed by atoms with Gasteiger partial charge in [-0.15, -0.1) is 0 Å². The first-order valence-electron chi connectivity index (χ1n) is 6.66. The third-order valence-corrected chi connectivity index (χ3v) is 3.57. The lowest BCUT2D eigenvalue weighted by atomic mass is 10.2. The number of carbonyl (C=O) groups excluding carboxylic acids is 1. The van der Waals surface area contributed by atoms with Gasteiger partial charge in [-0.1, -0.05) is 24.9 Å². The summed E-state index contributed by atoms with van der Waals surface area (Å²) in [6.45, 7) is 2.67. The van der Waals surface area contributed by atoms with Crippen molar-refractivity contribution in [1.29, 1.82) is 0 Å². The number of amides is 1. The van der Waals surface area contributed by atoms with Crippen LogP contribution in [0.5, 0.6) is 0 Å². The molecule has 0 N–H and O–H groups in total. The van der Waals surface area contributed by atoms with Gasteiger partial charge in [0.05, 0.1) is 4.92 Å². The van der Waals surface area contributed by atoms with E-state index >= 15 is 0 Å². The van der Waals surface area contributed by atoms with Crippen molar-refractivity contribution in [3.8, 4) is 0 Å². The normalized spacial score (nSPS) is 14.1. The Balaban J connectivity index is 2.31. The molecule has 0 bridgehead atoms. The molecule has 0 radical (unpaired) electrons. The zero-order valence-corrected chi connectivity index (χ0v) is 12.0. The van der Waals surface area contributed by atoms with E-state index in [9.17, 15) is 14.9 Å². The van der Waals surface area contributed by atoms with Gasteiger partial charge >= 0.3 is 5.69 Å². The summed E-state index contributed by atoms with van der Waals surface area (Å²) in [7, 11) is 0. The molecule has 1 fully saturated rings. The van der Waals surface area contributed by atoms with Gasteiger partial charge in [-0.2, -0.15) is 0 Å². The van der Waals surface area contributed by atoms with Crippen LogP contribution in [0.25, 0.3) is 0 Å². The maximum absolute atomic E-state index is 12.5. The van der Waals surface area contributed by atoms with E-state index in [1.807, 2.05) is 6.92 Å². The number of nitrogens with zero attached hydrogens (tertiary/aromatic N) is 3. The topological polar surface area (TPSA) is 76.3 Å². The number of nitro groups is 1. The number of pyridine rings is 1. The summed E-state index contributed by atoms with van der Waals surface area (Å²) in [5.41, 5.74) is -0.376. The Kier molecular flexibility index (Phi) is 4.54. The van der Waals surface area contributed by atoms with Crippen molar-refractivity contribution in [2.75, 3.05) is 6.54 Å². The van der Waals surface area contributed by atoms with Crippen LogP contribution in [0, 0.1) is 10.1 Å². The fourth-order valence-electron chi connectivity index (χ4n) is 2.09. The Morgan fingerprint density at radius 1 is 1.60 bits per heavy atom. The number of halogens is 1. The fraction of sp³-hybridized carbons (Fsp3) is 0.538. The molecule has 1 heterocycles. The van der Waals surface area contributed by atoms with Crippen LogP contribution in [0.1, 0.15) is 43.0 Å². The van der Waals surface area contributed by atoms with E-state index in [-0.39, 0.29) is 22.7 Å². The maximum atomic E-state index is 12.5. The molecular weight excluding hydrogens is 282 g/mol. The summed E-state index contributed by atoms with van der Waals surface area (Å²) in [6, 6.07) is 1.58. The van der Waals surface area contributed by atoms with E-state index in [1.54, 1.807) is 4.90 Å². The van der Waals surface area contributed by atoms with Crippen LogP contribution in [-0.4, -0.2) is 33.3 Å².